The molecule has 0 aliphatic heterocycles. The Labute approximate surface area is 160 Å². The molecule has 1 heterocycles. The van der Waals surface area contributed by atoms with Crippen molar-refractivity contribution in [2.45, 2.75) is 40.0 Å². The molecule has 0 fully saturated rings. The van der Waals surface area contributed by atoms with E-state index < -0.39 is 0 Å². The minimum absolute atomic E-state index is 0.301. The molecule has 0 aliphatic rings. The predicted molar refractivity (Wildman–Crippen MR) is 106 cm³/mol. The number of esters is 1. The average molecular weight is 363 g/mol. The molecular formula is C22H25N3O2. The first-order valence-corrected chi connectivity index (χ1v) is 9.42. The maximum Gasteiger partial charge on any atom is 0.338 e. The number of benzene rings is 2. The Kier molecular flexibility index (Phi) is 6.01. The average Bonchev–Trinajstić information content (AvgIpc) is 3.15. The number of aryl methyl sites for hydroxylation is 2. The molecule has 0 atom stereocenters. The van der Waals surface area contributed by atoms with Crippen LogP contribution in [-0.2, 0) is 11.2 Å². The topological polar surface area (TPSA) is 57.0 Å². The van der Waals surface area contributed by atoms with Crippen molar-refractivity contribution >= 4 is 5.97 Å². The molecule has 5 nitrogen and oxygen atoms in total. The molecule has 1 aromatic heterocycles. The van der Waals surface area contributed by atoms with Crippen LogP contribution in [0.1, 0.15) is 48.3 Å². The van der Waals surface area contributed by atoms with Crippen LogP contribution in [0.5, 0.6) is 0 Å². The molecular weight excluding hydrogens is 338 g/mol. The Balaban J connectivity index is 1.96. The molecule has 0 bridgehead atoms. The van der Waals surface area contributed by atoms with E-state index in [1.165, 1.54) is 0 Å². The van der Waals surface area contributed by atoms with E-state index in [0.717, 1.165) is 47.3 Å². The third-order valence-corrected chi connectivity index (χ3v) is 4.50. The SMILES string of the molecule is CCCCc1cn(-c2c(C)cccc2-c2ccc(C(=O)OCC)cc2)nn1. The van der Waals surface area contributed by atoms with Crippen molar-refractivity contribution in [2.24, 2.45) is 0 Å². The molecule has 0 aliphatic carbocycles. The Hall–Kier alpha value is -2.95. The van der Waals surface area contributed by atoms with Gasteiger partial charge in [0.15, 0.2) is 0 Å². The highest BCUT2D eigenvalue weighted by atomic mass is 16.5. The Morgan fingerprint density at radius 1 is 1.11 bits per heavy atom. The third-order valence-electron chi connectivity index (χ3n) is 4.50. The van der Waals surface area contributed by atoms with Gasteiger partial charge in [-0.15, -0.1) is 5.10 Å². The van der Waals surface area contributed by atoms with Crippen LogP contribution >= 0.6 is 0 Å². The Morgan fingerprint density at radius 3 is 2.59 bits per heavy atom. The maximum atomic E-state index is 11.9. The highest BCUT2D eigenvalue weighted by Crippen LogP contribution is 2.29. The van der Waals surface area contributed by atoms with Crippen LogP contribution in [0, 0.1) is 6.92 Å². The summed E-state index contributed by atoms with van der Waals surface area (Å²) in [6, 6.07) is 13.6. The molecule has 3 rings (SSSR count). The summed E-state index contributed by atoms with van der Waals surface area (Å²) in [6.45, 7) is 6.41. The van der Waals surface area contributed by atoms with Crippen LogP contribution in [0.2, 0.25) is 0 Å². The first kappa shape index (κ1) is 18.8. The monoisotopic (exact) mass is 363 g/mol. The largest absolute Gasteiger partial charge is 0.462 e. The van der Waals surface area contributed by atoms with E-state index in [2.05, 4.69) is 36.3 Å². The van der Waals surface area contributed by atoms with Crippen LogP contribution in [0.15, 0.2) is 48.7 Å². The number of aromatic nitrogens is 3. The molecule has 0 unspecified atom stereocenters. The zero-order valence-corrected chi connectivity index (χ0v) is 16.1. The molecule has 3 aromatic rings. The van der Waals surface area contributed by atoms with Crippen molar-refractivity contribution in [3.63, 3.8) is 0 Å². The van der Waals surface area contributed by atoms with Gasteiger partial charge in [-0.1, -0.05) is 48.9 Å². The van der Waals surface area contributed by atoms with E-state index in [1.807, 2.05) is 29.1 Å². The van der Waals surface area contributed by atoms with Crippen LogP contribution in [0.3, 0.4) is 0 Å². The van der Waals surface area contributed by atoms with Crippen molar-refractivity contribution in [3.8, 4) is 16.8 Å². The number of para-hydroxylation sites is 1. The second-order valence-electron chi connectivity index (χ2n) is 6.53. The molecule has 0 saturated carbocycles. The fourth-order valence-corrected chi connectivity index (χ4v) is 3.08. The van der Waals surface area contributed by atoms with Gasteiger partial charge in [0.1, 0.15) is 0 Å². The summed E-state index contributed by atoms with van der Waals surface area (Å²) in [5.74, 6) is -0.301. The zero-order valence-electron chi connectivity index (χ0n) is 16.1. The molecule has 140 valence electrons. The van der Waals surface area contributed by atoms with E-state index in [1.54, 1.807) is 19.1 Å². The molecule has 2 aromatic carbocycles. The summed E-state index contributed by atoms with van der Waals surface area (Å²) in [6.07, 6.45) is 5.18. The van der Waals surface area contributed by atoms with Gasteiger partial charge < -0.3 is 4.74 Å². The lowest BCUT2D eigenvalue weighted by molar-refractivity contribution is 0.0526. The van der Waals surface area contributed by atoms with Crippen molar-refractivity contribution < 1.29 is 9.53 Å². The van der Waals surface area contributed by atoms with Crippen molar-refractivity contribution in [2.75, 3.05) is 6.61 Å². The lowest BCUT2D eigenvalue weighted by Crippen LogP contribution is -2.04. The summed E-state index contributed by atoms with van der Waals surface area (Å²) in [5.41, 5.74) is 5.76. The van der Waals surface area contributed by atoms with Crippen molar-refractivity contribution in [1.82, 2.24) is 15.0 Å². The maximum absolute atomic E-state index is 11.9. The quantitative estimate of drug-likeness (QED) is 0.568. The summed E-state index contributed by atoms with van der Waals surface area (Å²) in [7, 11) is 0. The number of ether oxygens (including phenoxy) is 1. The van der Waals surface area contributed by atoms with Gasteiger partial charge in [-0.2, -0.15) is 0 Å². The Bertz CT molecular complexity index is 914. The van der Waals surface area contributed by atoms with Gasteiger partial charge in [0.2, 0.25) is 0 Å². The minimum Gasteiger partial charge on any atom is -0.462 e. The van der Waals surface area contributed by atoms with Gasteiger partial charge in [-0.05, 0) is 49.9 Å². The van der Waals surface area contributed by atoms with Crippen LogP contribution in [0.4, 0.5) is 0 Å². The van der Waals surface area contributed by atoms with E-state index in [4.69, 9.17) is 4.74 Å². The molecule has 0 amide bonds. The van der Waals surface area contributed by atoms with Crippen LogP contribution < -0.4 is 0 Å². The zero-order chi connectivity index (χ0) is 19.2. The first-order chi connectivity index (χ1) is 13.1. The van der Waals surface area contributed by atoms with Gasteiger partial charge in [0.05, 0.1) is 29.7 Å². The molecule has 0 radical (unpaired) electrons. The van der Waals surface area contributed by atoms with Gasteiger partial charge in [-0.3, -0.25) is 0 Å². The van der Waals surface area contributed by atoms with Gasteiger partial charge >= 0.3 is 5.97 Å². The van der Waals surface area contributed by atoms with E-state index in [-0.39, 0.29) is 5.97 Å². The highest BCUT2D eigenvalue weighted by Gasteiger charge is 2.13. The normalized spacial score (nSPS) is 10.8. The lowest BCUT2D eigenvalue weighted by Gasteiger charge is -2.13. The van der Waals surface area contributed by atoms with Gasteiger partial charge in [0, 0.05) is 5.56 Å². The minimum atomic E-state index is -0.301. The van der Waals surface area contributed by atoms with Crippen molar-refractivity contribution in [3.05, 3.63) is 65.5 Å². The summed E-state index contributed by atoms with van der Waals surface area (Å²) in [4.78, 5) is 11.9. The molecule has 0 saturated heterocycles. The first-order valence-electron chi connectivity index (χ1n) is 9.42. The summed E-state index contributed by atoms with van der Waals surface area (Å²) >= 11 is 0. The van der Waals surface area contributed by atoms with Gasteiger partial charge in [0.25, 0.3) is 0 Å². The van der Waals surface area contributed by atoms with E-state index >= 15 is 0 Å². The lowest BCUT2D eigenvalue weighted by atomic mass is 9.99. The highest BCUT2D eigenvalue weighted by molar-refractivity contribution is 5.90. The van der Waals surface area contributed by atoms with E-state index in [0.29, 0.717) is 12.2 Å². The number of rotatable bonds is 7. The fourth-order valence-electron chi connectivity index (χ4n) is 3.08. The summed E-state index contributed by atoms with van der Waals surface area (Å²) in [5, 5.41) is 8.66. The molecule has 27 heavy (non-hydrogen) atoms. The second kappa shape index (κ2) is 8.62. The van der Waals surface area contributed by atoms with Crippen LogP contribution in [0.25, 0.3) is 16.8 Å². The van der Waals surface area contributed by atoms with Gasteiger partial charge in [-0.25, -0.2) is 9.48 Å². The molecule has 0 spiro atoms. The number of hydrogen-bond acceptors (Lipinski definition) is 4. The standard InChI is InChI=1S/C22H25N3O2/c1-4-6-9-19-15-25(24-23-19)21-16(3)8-7-10-20(21)17-11-13-18(14-12-17)22(26)27-5-2/h7-8,10-15H,4-6,9H2,1-3H3. The number of hydrogen-bond donors (Lipinski definition) is 0. The number of carbonyl (C=O) groups is 1. The third kappa shape index (κ3) is 4.25. The van der Waals surface area contributed by atoms with Crippen molar-refractivity contribution in [1.29, 1.82) is 0 Å². The molecule has 5 heteroatoms. The smallest absolute Gasteiger partial charge is 0.338 e. The molecule has 0 N–H and O–H groups in total. The fraction of sp³-hybridized carbons (Fsp3) is 0.318. The number of unbranched alkanes of at least 4 members (excludes halogenated alkanes) is 1. The predicted octanol–water partition coefficient (Wildman–Crippen LogP) is 4.76. The number of nitrogens with zero attached hydrogens (tertiary/aromatic N) is 3. The van der Waals surface area contributed by atoms with E-state index in [9.17, 15) is 4.79 Å². The van der Waals surface area contributed by atoms with Crippen LogP contribution in [-0.4, -0.2) is 27.6 Å². The Morgan fingerprint density at radius 2 is 1.89 bits per heavy atom. The second-order valence-corrected chi connectivity index (χ2v) is 6.53. The summed E-state index contributed by atoms with van der Waals surface area (Å²) < 4.78 is 6.92. The number of carbonyl (C=O) groups excluding carboxylic acids is 1.